The van der Waals surface area contributed by atoms with Crippen LogP contribution < -0.4 is 0 Å². The average molecular weight is 101 g/mol. The summed E-state index contributed by atoms with van der Waals surface area (Å²) in [5.41, 5.74) is 0. The van der Waals surface area contributed by atoms with Crippen molar-refractivity contribution >= 4 is 11.8 Å². The second kappa shape index (κ2) is 3.29. The van der Waals surface area contributed by atoms with Crippen molar-refractivity contribution in [2.45, 2.75) is 12.2 Å². The van der Waals surface area contributed by atoms with Gasteiger partial charge in [-0.15, -0.1) is 0 Å². The Balaban J connectivity index is 2.96. The van der Waals surface area contributed by atoms with Gasteiger partial charge in [0.15, 0.2) is 0 Å². The van der Waals surface area contributed by atoms with Gasteiger partial charge in [0.25, 0.3) is 0 Å². The van der Waals surface area contributed by atoms with Crippen LogP contribution in [0.25, 0.3) is 0 Å². The second-order valence-electron chi connectivity index (χ2n) is 1.13. The fourth-order valence-electron chi connectivity index (χ4n) is 0.0786. The predicted molar refractivity (Wildman–Crippen MR) is 31.8 cm³/mol. The van der Waals surface area contributed by atoms with Crippen LogP contribution in [-0.4, -0.2) is 11.5 Å². The Morgan fingerprint density at radius 1 is 1.83 bits per heavy atom. The predicted octanol–water partition coefficient (Wildman–Crippen LogP) is 1.73. The summed E-state index contributed by atoms with van der Waals surface area (Å²) in [4.78, 5) is 0. The van der Waals surface area contributed by atoms with Crippen LogP contribution in [0.3, 0.4) is 0 Å². The third-order valence-corrected chi connectivity index (χ3v) is 1.54. The number of hydrogen-bond donors (Lipinski definition) is 0. The molecular weight excluding hydrogens is 92.1 g/mol. The zero-order chi connectivity index (χ0) is 4.99. The minimum atomic E-state index is 0.505. The molecule has 0 saturated heterocycles. The molecule has 0 bridgehead atoms. The normalized spacial score (nSPS) is 13.7. The van der Waals surface area contributed by atoms with Crippen LogP contribution in [0.15, 0.2) is 6.08 Å². The maximum absolute atomic E-state index is 5.14. The van der Waals surface area contributed by atoms with Gasteiger partial charge >= 0.3 is 0 Å². The van der Waals surface area contributed by atoms with Crippen molar-refractivity contribution in [3.63, 3.8) is 0 Å². The van der Waals surface area contributed by atoms with E-state index < -0.39 is 0 Å². The van der Waals surface area contributed by atoms with Crippen LogP contribution in [0.4, 0.5) is 0 Å². The largest absolute Gasteiger partial charge is 0.158 e. The number of hydrogen-bond acceptors (Lipinski definition) is 1. The molecule has 0 saturated carbocycles. The molecule has 6 heavy (non-hydrogen) atoms. The second-order valence-corrected chi connectivity index (χ2v) is 2.35. The Morgan fingerprint density at radius 3 is 2.33 bits per heavy atom. The van der Waals surface area contributed by atoms with Crippen molar-refractivity contribution in [2.24, 2.45) is 0 Å². The molecule has 0 aromatic carbocycles. The minimum Gasteiger partial charge on any atom is -0.158 e. The van der Waals surface area contributed by atoms with E-state index in [9.17, 15) is 0 Å². The van der Waals surface area contributed by atoms with Crippen LogP contribution in [0.5, 0.6) is 0 Å². The van der Waals surface area contributed by atoms with Gasteiger partial charge in [-0.3, -0.25) is 0 Å². The van der Waals surface area contributed by atoms with Crippen molar-refractivity contribution in [2.75, 3.05) is 6.26 Å². The molecule has 0 heterocycles. The van der Waals surface area contributed by atoms with Gasteiger partial charge in [0.1, 0.15) is 0 Å². The average Bonchev–Trinajstić information content (AvgIpc) is 1.65. The van der Waals surface area contributed by atoms with E-state index in [1.807, 2.05) is 6.26 Å². The molecule has 0 amide bonds. The summed E-state index contributed by atoms with van der Waals surface area (Å²) < 4.78 is 0. The quantitative estimate of drug-likeness (QED) is 0.510. The molecule has 1 heteroatoms. The van der Waals surface area contributed by atoms with Crippen LogP contribution in [0.1, 0.15) is 6.92 Å². The van der Waals surface area contributed by atoms with E-state index in [0.717, 1.165) is 0 Å². The third-order valence-electron chi connectivity index (χ3n) is 0.643. The Morgan fingerprint density at radius 2 is 2.33 bits per heavy atom. The molecule has 1 unspecified atom stereocenters. The molecule has 0 aromatic rings. The van der Waals surface area contributed by atoms with Crippen molar-refractivity contribution in [1.29, 1.82) is 0 Å². The lowest BCUT2D eigenvalue weighted by atomic mass is 10.5. The van der Waals surface area contributed by atoms with Gasteiger partial charge in [0.2, 0.25) is 0 Å². The summed E-state index contributed by atoms with van der Waals surface area (Å²) >= 11 is 1.74. The molecule has 1 atom stereocenters. The maximum Gasteiger partial charge on any atom is 0.0198 e. The van der Waals surface area contributed by atoms with Gasteiger partial charge < -0.3 is 0 Å². The lowest BCUT2D eigenvalue weighted by Crippen LogP contribution is -1.83. The topological polar surface area (TPSA) is 0 Å². The smallest absolute Gasteiger partial charge is 0.0198 e. The Hall–Kier alpha value is 0.0900. The molecule has 35 valence electrons. The van der Waals surface area contributed by atoms with Crippen LogP contribution in [0.2, 0.25) is 0 Å². The molecule has 0 fully saturated rings. The first-order valence-corrected chi connectivity index (χ1v) is 3.18. The fourth-order valence-corrected chi connectivity index (χ4v) is 0.236. The monoisotopic (exact) mass is 101 g/mol. The zero-order valence-electron chi connectivity index (χ0n) is 4.14. The SMILES string of the molecule is [CH]=CC(C)SC. The number of thioether (sulfide) groups is 1. The van der Waals surface area contributed by atoms with Crippen molar-refractivity contribution in [3.05, 3.63) is 12.7 Å². The van der Waals surface area contributed by atoms with Crippen LogP contribution >= 0.6 is 11.8 Å². The van der Waals surface area contributed by atoms with E-state index in [-0.39, 0.29) is 0 Å². The summed E-state index contributed by atoms with van der Waals surface area (Å²) in [6.07, 6.45) is 3.72. The minimum absolute atomic E-state index is 0.505. The lowest BCUT2D eigenvalue weighted by Gasteiger charge is -1.93. The van der Waals surface area contributed by atoms with Crippen molar-refractivity contribution < 1.29 is 0 Å². The molecule has 0 spiro atoms. The van der Waals surface area contributed by atoms with E-state index in [1.165, 1.54) is 0 Å². The molecule has 0 nitrogen and oxygen atoms in total. The van der Waals surface area contributed by atoms with Crippen molar-refractivity contribution in [3.8, 4) is 0 Å². The van der Waals surface area contributed by atoms with Gasteiger partial charge in [0.05, 0.1) is 0 Å². The third kappa shape index (κ3) is 2.33. The molecule has 0 aliphatic carbocycles. The van der Waals surface area contributed by atoms with E-state index in [4.69, 9.17) is 6.58 Å². The highest BCUT2D eigenvalue weighted by atomic mass is 32.2. The molecule has 0 aliphatic rings. The van der Waals surface area contributed by atoms with Gasteiger partial charge in [-0.05, 0) is 13.2 Å². The molecular formula is C5H9S. The Bertz CT molecular complexity index is 41.2. The highest BCUT2D eigenvalue weighted by molar-refractivity contribution is 7.99. The first-order valence-electron chi connectivity index (χ1n) is 1.89. The lowest BCUT2D eigenvalue weighted by molar-refractivity contribution is 1.26. The van der Waals surface area contributed by atoms with Crippen LogP contribution in [-0.2, 0) is 0 Å². The molecule has 0 rings (SSSR count). The summed E-state index contributed by atoms with van der Waals surface area (Å²) in [6, 6.07) is 0. The van der Waals surface area contributed by atoms with Crippen LogP contribution in [0, 0.1) is 6.58 Å². The van der Waals surface area contributed by atoms with Gasteiger partial charge in [-0.2, -0.15) is 11.8 Å². The molecule has 0 N–H and O–H groups in total. The summed E-state index contributed by atoms with van der Waals surface area (Å²) in [5.74, 6) is 0. The first-order chi connectivity index (χ1) is 2.81. The fraction of sp³-hybridized carbons (Fsp3) is 0.600. The van der Waals surface area contributed by atoms with Crippen molar-refractivity contribution in [1.82, 2.24) is 0 Å². The van der Waals surface area contributed by atoms with E-state index in [2.05, 4.69) is 6.92 Å². The summed E-state index contributed by atoms with van der Waals surface area (Å²) in [5, 5.41) is 0.505. The standard InChI is InChI=1S/C5H9S/c1-4-5(2)6-3/h1,4-5H,2-3H3. The first kappa shape index (κ1) is 6.09. The summed E-state index contributed by atoms with van der Waals surface area (Å²) in [7, 11) is 0. The molecule has 1 radical (unpaired) electrons. The molecule has 0 aromatic heterocycles. The van der Waals surface area contributed by atoms with Gasteiger partial charge in [-0.1, -0.05) is 12.7 Å². The zero-order valence-corrected chi connectivity index (χ0v) is 4.96. The van der Waals surface area contributed by atoms with Gasteiger partial charge in [0, 0.05) is 5.25 Å². The number of rotatable bonds is 2. The van der Waals surface area contributed by atoms with Gasteiger partial charge in [-0.25, -0.2) is 0 Å². The highest BCUT2D eigenvalue weighted by Crippen LogP contribution is 2.03. The Kier molecular flexibility index (Phi) is 3.34. The Labute approximate surface area is 43.6 Å². The summed E-state index contributed by atoms with van der Waals surface area (Å²) in [6.45, 7) is 7.20. The highest BCUT2D eigenvalue weighted by Gasteiger charge is 1.84. The van der Waals surface area contributed by atoms with E-state index >= 15 is 0 Å². The van der Waals surface area contributed by atoms with E-state index in [0.29, 0.717) is 5.25 Å². The maximum atomic E-state index is 5.14. The molecule has 0 aliphatic heterocycles. The van der Waals surface area contributed by atoms with E-state index in [1.54, 1.807) is 17.8 Å².